The number of carbonyl (C=O) groups excluding carboxylic acids is 2. The highest BCUT2D eigenvalue weighted by Crippen LogP contribution is 2.37. The molecule has 7 heteroatoms. The van der Waals surface area contributed by atoms with Gasteiger partial charge in [0, 0.05) is 50.5 Å². The molecule has 1 saturated carbocycles. The number of rotatable bonds is 3. The number of hydrogen-bond donors (Lipinski definition) is 0. The van der Waals surface area contributed by atoms with Crippen LogP contribution in [-0.4, -0.2) is 54.4 Å². The second-order valence-corrected chi connectivity index (χ2v) is 9.45. The predicted octanol–water partition coefficient (Wildman–Crippen LogP) is 3.78. The maximum absolute atomic E-state index is 13.6. The zero-order valence-electron chi connectivity index (χ0n) is 18.3. The first-order chi connectivity index (χ1) is 15.6. The van der Waals surface area contributed by atoms with Gasteiger partial charge in [0.2, 0.25) is 11.8 Å². The van der Waals surface area contributed by atoms with Crippen LogP contribution in [0, 0.1) is 11.8 Å². The number of piperazine rings is 1. The van der Waals surface area contributed by atoms with Gasteiger partial charge in [0.05, 0.1) is 10.9 Å². The molecule has 168 valence electrons. The number of hydrogen-bond acceptors (Lipinski definition) is 4. The van der Waals surface area contributed by atoms with Crippen LogP contribution < -0.4 is 9.80 Å². The molecular weight excluding hydrogens is 424 g/mol. The number of aromatic nitrogens is 1. The van der Waals surface area contributed by atoms with Crippen molar-refractivity contribution < 1.29 is 9.59 Å². The number of halogens is 1. The third kappa shape index (κ3) is 4.08. The molecule has 3 heterocycles. The van der Waals surface area contributed by atoms with Crippen LogP contribution in [0.2, 0.25) is 5.02 Å². The van der Waals surface area contributed by atoms with E-state index in [1.165, 1.54) is 5.56 Å². The van der Waals surface area contributed by atoms with E-state index in [9.17, 15) is 9.59 Å². The molecule has 2 aliphatic heterocycles. The second kappa shape index (κ2) is 9.10. The smallest absolute Gasteiger partial charge is 0.230 e. The molecule has 5 rings (SSSR count). The van der Waals surface area contributed by atoms with Crippen LogP contribution >= 0.6 is 11.6 Å². The van der Waals surface area contributed by atoms with Crippen LogP contribution in [-0.2, 0) is 16.0 Å². The van der Waals surface area contributed by atoms with Crippen LogP contribution in [0.15, 0.2) is 42.6 Å². The lowest BCUT2D eigenvalue weighted by Gasteiger charge is -2.40. The minimum atomic E-state index is -0.210. The number of fused-ring (bicyclic) bond motifs is 1. The van der Waals surface area contributed by atoms with E-state index in [1.807, 2.05) is 40.1 Å². The topological polar surface area (TPSA) is 56.8 Å². The lowest BCUT2D eigenvalue weighted by molar-refractivity contribution is -0.143. The molecule has 0 N–H and O–H groups in total. The molecule has 32 heavy (non-hydrogen) atoms. The van der Waals surface area contributed by atoms with Crippen molar-refractivity contribution in [3.05, 3.63) is 53.2 Å². The van der Waals surface area contributed by atoms with E-state index in [0.29, 0.717) is 18.1 Å². The number of nitrogens with zero attached hydrogens (tertiary/aromatic N) is 4. The first kappa shape index (κ1) is 21.3. The van der Waals surface area contributed by atoms with Gasteiger partial charge >= 0.3 is 0 Å². The van der Waals surface area contributed by atoms with Crippen LogP contribution in [0.4, 0.5) is 11.5 Å². The summed E-state index contributed by atoms with van der Waals surface area (Å²) in [6, 6.07) is 11.9. The highest BCUT2D eigenvalue weighted by atomic mass is 35.5. The summed E-state index contributed by atoms with van der Waals surface area (Å²) in [5, 5.41) is 0.621. The molecule has 2 atom stereocenters. The van der Waals surface area contributed by atoms with Gasteiger partial charge in [-0.05, 0) is 43.0 Å². The monoisotopic (exact) mass is 452 g/mol. The van der Waals surface area contributed by atoms with Gasteiger partial charge in [-0.15, -0.1) is 0 Å². The number of para-hydroxylation sites is 1. The summed E-state index contributed by atoms with van der Waals surface area (Å²) in [5.74, 6) is 0.763. The Bertz CT molecular complexity index is 988. The zero-order valence-corrected chi connectivity index (χ0v) is 19.0. The van der Waals surface area contributed by atoms with Crippen molar-refractivity contribution in [2.24, 2.45) is 11.8 Å². The SMILES string of the molecule is O=C(C1CCCCC1C(=O)N1CCc2ccccc21)N1CCN(c2ccc(Cl)cn2)CC1. The predicted molar refractivity (Wildman–Crippen MR) is 126 cm³/mol. The second-order valence-electron chi connectivity index (χ2n) is 9.01. The summed E-state index contributed by atoms with van der Waals surface area (Å²) in [6.45, 7) is 3.53. The van der Waals surface area contributed by atoms with Crippen LogP contribution in [0.1, 0.15) is 31.2 Å². The Morgan fingerprint density at radius 1 is 0.875 bits per heavy atom. The number of benzene rings is 1. The number of carbonyl (C=O) groups is 2. The van der Waals surface area contributed by atoms with E-state index < -0.39 is 0 Å². The van der Waals surface area contributed by atoms with Gasteiger partial charge < -0.3 is 14.7 Å². The molecule has 1 aromatic heterocycles. The average Bonchev–Trinajstić information content (AvgIpc) is 3.28. The molecule has 0 bridgehead atoms. The summed E-state index contributed by atoms with van der Waals surface area (Å²) in [5.41, 5.74) is 2.25. The molecule has 1 aromatic carbocycles. The summed E-state index contributed by atoms with van der Waals surface area (Å²) in [7, 11) is 0. The highest BCUT2D eigenvalue weighted by molar-refractivity contribution is 6.30. The Hall–Kier alpha value is -2.60. The van der Waals surface area contributed by atoms with Crippen molar-refractivity contribution >= 4 is 34.9 Å². The van der Waals surface area contributed by atoms with E-state index in [-0.39, 0.29) is 23.7 Å². The fourth-order valence-corrected chi connectivity index (χ4v) is 5.55. The highest BCUT2D eigenvalue weighted by Gasteiger charge is 2.41. The Morgan fingerprint density at radius 3 is 2.31 bits per heavy atom. The standard InChI is InChI=1S/C25H29ClN4O2/c26-19-9-10-23(27-17-19)28-13-15-29(16-14-28)24(31)20-6-2-3-7-21(20)25(32)30-12-11-18-5-1-4-8-22(18)30/h1,4-5,8-10,17,20-21H,2-3,6-7,11-16H2. The van der Waals surface area contributed by atoms with E-state index in [1.54, 1.807) is 6.20 Å². The molecule has 1 saturated heterocycles. The molecule has 6 nitrogen and oxygen atoms in total. The van der Waals surface area contributed by atoms with Gasteiger partial charge in [0.15, 0.2) is 0 Å². The average molecular weight is 453 g/mol. The zero-order chi connectivity index (χ0) is 22.1. The Labute approximate surface area is 194 Å². The van der Waals surface area contributed by atoms with Gasteiger partial charge in [-0.3, -0.25) is 9.59 Å². The Kier molecular flexibility index (Phi) is 6.05. The minimum absolute atomic E-state index is 0.136. The lowest BCUT2D eigenvalue weighted by Crippen LogP contribution is -2.53. The summed E-state index contributed by atoms with van der Waals surface area (Å²) < 4.78 is 0. The molecule has 2 aromatic rings. The van der Waals surface area contributed by atoms with Crippen molar-refractivity contribution in [2.75, 3.05) is 42.5 Å². The molecule has 1 aliphatic carbocycles. The van der Waals surface area contributed by atoms with Gasteiger partial charge in [0.1, 0.15) is 5.82 Å². The molecular formula is C25H29ClN4O2. The molecule has 0 radical (unpaired) electrons. The van der Waals surface area contributed by atoms with Crippen LogP contribution in [0.25, 0.3) is 0 Å². The number of amides is 2. The van der Waals surface area contributed by atoms with Gasteiger partial charge in [-0.1, -0.05) is 42.6 Å². The van der Waals surface area contributed by atoms with E-state index >= 15 is 0 Å². The van der Waals surface area contributed by atoms with E-state index in [4.69, 9.17) is 11.6 Å². The largest absolute Gasteiger partial charge is 0.353 e. The molecule has 3 aliphatic rings. The summed E-state index contributed by atoms with van der Waals surface area (Å²) >= 11 is 5.95. The Morgan fingerprint density at radius 2 is 1.59 bits per heavy atom. The third-order valence-corrected chi connectivity index (χ3v) is 7.40. The fraction of sp³-hybridized carbons (Fsp3) is 0.480. The van der Waals surface area contributed by atoms with E-state index in [2.05, 4.69) is 16.0 Å². The lowest BCUT2D eigenvalue weighted by atomic mass is 9.77. The van der Waals surface area contributed by atoms with Gasteiger partial charge in [-0.2, -0.15) is 0 Å². The quantitative estimate of drug-likeness (QED) is 0.711. The number of pyridine rings is 1. The molecule has 2 fully saturated rings. The van der Waals surface area contributed by atoms with Crippen molar-refractivity contribution in [2.45, 2.75) is 32.1 Å². The van der Waals surface area contributed by atoms with Crippen molar-refractivity contribution in [3.8, 4) is 0 Å². The molecule has 2 amide bonds. The maximum atomic E-state index is 13.6. The van der Waals surface area contributed by atoms with Crippen molar-refractivity contribution in [1.82, 2.24) is 9.88 Å². The summed E-state index contributed by atoms with van der Waals surface area (Å²) in [6.07, 6.45) is 6.21. The van der Waals surface area contributed by atoms with Crippen molar-refractivity contribution in [3.63, 3.8) is 0 Å². The van der Waals surface area contributed by atoms with Crippen LogP contribution in [0.3, 0.4) is 0 Å². The van der Waals surface area contributed by atoms with E-state index in [0.717, 1.165) is 63.2 Å². The van der Waals surface area contributed by atoms with Crippen molar-refractivity contribution in [1.29, 1.82) is 0 Å². The van der Waals surface area contributed by atoms with Gasteiger partial charge in [0.25, 0.3) is 0 Å². The number of anilines is 2. The Balaban J connectivity index is 1.26. The van der Waals surface area contributed by atoms with Gasteiger partial charge in [-0.25, -0.2) is 4.98 Å². The van der Waals surface area contributed by atoms with Crippen LogP contribution in [0.5, 0.6) is 0 Å². The minimum Gasteiger partial charge on any atom is -0.353 e. The molecule has 0 spiro atoms. The summed E-state index contributed by atoms with van der Waals surface area (Å²) in [4.78, 5) is 37.5. The molecule has 2 unspecified atom stereocenters. The maximum Gasteiger partial charge on any atom is 0.230 e. The first-order valence-electron chi connectivity index (χ1n) is 11.7. The normalized spacial score (nSPS) is 23.2. The first-order valence-corrected chi connectivity index (χ1v) is 12.0. The third-order valence-electron chi connectivity index (χ3n) is 7.18. The fourth-order valence-electron chi connectivity index (χ4n) is 5.43.